The van der Waals surface area contributed by atoms with Crippen molar-refractivity contribution < 1.29 is 37.6 Å². The molecule has 0 amide bonds. The molecular weight excluding hydrogens is 540 g/mol. The van der Waals surface area contributed by atoms with E-state index in [0.717, 1.165) is 16.5 Å². The van der Waals surface area contributed by atoms with E-state index in [9.17, 15) is 9.59 Å². The van der Waals surface area contributed by atoms with Crippen LogP contribution >= 0.6 is 0 Å². The molecule has 9 heteroatoms. The number of hydrogen-bond acceptors (Lipinski definition) is 9. The first-order valence-corrected chi connectivity index (χ1v) is 13.5. The fraction of sp³-hybridized carbons (Fsp3) is 0.333. The molecule has 0 N–H and O–H groups in total. The minimum Gasteiger partial charge on any atom is -0.496 e. The van der Waals surface area contributed by atoms with Crippen molar-refractivity contribution in [1.82, 2.24) is 0 Å². The van der Waals surface area contributed by atoms with Crippen LogP contribution in [0.25, 0.3) is 11.0 Å². The number of benzene rings is 3. The molecular formula is C33H36O9. The molecule has 0 saturated heterocycles. The fourth-order valence-electron chi connectivity index (χ4n) is 4.84. The van der Waals surface area contributed by atoms with Crippen LogP contribution in [0.1, 0.15) is 41.7 Å². The van der Waals surface area contributed by atoms with E-state index in [1.807, 2.05) is 57.2 Å². The van der Waals surface area contributed by atoms with Gasteiger partial charge in [-0.2, -0.15) is 0 Å². The number of aryl methyl sites for hydroxylation is 1. The summed E-state index contributed by atoms with van der Waals surface area (Å²) < 4.78 is 39.2. The van der Waals surface area contributed by atoms with Crippen LogP contribution in [0, 0.1) is 6.92 Å². The SMILES string of the molecule is COc1ccccc1Cc1c(C)c2ccc(OC(C)C)c(COC(=O)Cc3cc(OC)c(OC)c(OC)c3)c2oc1=O. The van der Waals surface area contributed by atoms with Crippen LogP contribution in [0.4, 0.5) is 0 Å². The third-order valence-corrected chi connectivity index (χ3v) is 6.89. The van der Waals surface area contributed by atoms with Crippen LogP contribution in [-0.2, 0) is 29.0 Å². The van der Waals surface area contributed by atoms with Gasteiger partial charge < -0.3 is 32.8 Å². The highest BCUT2D eigenvalue weighted by Gasteiger charge is 2.21. The topological polar surface area (TPSA) is 103 Å². The Labute approximate surface area is 244 Å². The number of carbonyl (C=O) groups excluding carboxylic acids is 1. The van der Waals surface area contributed by atoms with Crippen LogP contribution in [0.3, 0.4) is 0 Å². The summed E-state index contributed by atoms with van der Waals surface area (Å²) in [5, 5.41) is 0.728. The number of rotatable bonds is 12. The molecule has 4 aromatic rings. The Balaban J connectivity index is 1.67. The van der Waals surface area contributed by atoms with Gasteiger partial charge in [0.1, 0.15) is 23.7 Å². The van der Waals surface area contributed by atoms with Crippen molar-refractivity contribution in [2.75, 3.05) is 28.4 Å². The maximum absolute atomic E-state index is 13.3. The number of hydrogen-bond donors (Lipinski definition) is 0. The van der Waals surface area contributed by atoms with Crippen molar-refractivity contribution in [3.8, 4) is 28.7 Å². The molecule has 0 fully saturated rings. The molecule has 4 rings (SSSR count). The quantitative estimate of drug-likeness (QED) is 0.153. The van der Waals surface area contributed by atoms with Gasteiger partial charge in [0.15, 0.2) is 11.5 Å². The van der Waals surface area contributed by atoms with Crippen LogP contribution in [0.2, 0.25) is 0 Å². The highest BCUT2D eigenvalue weighted by Crippen LogP contribution is 2.38. The number of methoxy groups -OCH3 is 4. The summed E-state index contributed by atoms with van der Waals surface area (Å²) in [5.74, 6) is 1.96. The number of ether oxygens (including phenoxy) is 6. The van der Waals surface area contributed by atoms with Crippen molar-refractivity contribution in [3.05, 3.63) is 86.8 Å². The lowest BCUT2D eigenvalue weighted by molar-refractivity contribution is -0.144. The Hall–Kier alpha value is -4.66. The number of esters is 1. The zero-order valence-electron chi connectivity index (χ0n) is 25.0. The zero-order chi connectivity index (χ0) is 30.4. The predicted molar refractivity (Wildman–Crippen MR) is 158 cm³/mol. The van der Waals surface area contributed by atoms with Gasteiger partial charge in [-0.1, -0.05) is 18.2 Å². The molecule has 1 aromatic heterocycles. The molecule has 0 unspecified atom stereocenters. The highest BCUT2D eigenvalue weighted by atomic mass is 16.5. The lowest BCUT2D eigenvalue weighted by Crippen LogP contribution is -2.15. The molecule has 0 atom stereocenters. The van der Waals surface area contributed by atoms with Crippen molar-refractivity contribution in [2.24, 2.45) is 0 Å². The lowest BCUT2D eigenvalue weighted by Gasteiger charge is -2.18. The molecule has 1 heterocycles. The average Bonchev–Trinajstić information content (AvgIpc) is 2.97. The Bertz CT molecular complexity index is 1610. The Morgan fingerprint density at radius 2 is 1.50 bits per heavy atom. The molecule has 0 spiro atoms. The van der Waals surface area contributed by atoms with E-state index in [-0.39, 0.29) is 19.1 Å². The van der Waals surface area contributed by atoms with Crippen molar-refractivity contribution in [1.29, 1.82) is 0 Å². The lowest BCUT2D eigenvalue weighted by atomic mass is 9.97. The maximum Gasteiger partial charge on any atom is 0.340 e. The molecule has 0 bridgehead atoms. The molecule has 0 saturated carbocycles. The van der Waals surface area contributed by atoms with E-state index >= 15 is 0 Å². The molecule has 3 aromatic carbocycles. The molecule has 0 radical (unpaired) electrons. The second kappa shape index (κ2) is 13.3. The van der Waals surface area contributed by atoms with Gasteiger partial charge in [0, 0.05) is 17.4 Å². The van der Waals surface area contributed by atoms with Crippen LogP contribution in [-0.4, -0.2) is 40.5 Å². The van der Waals surface area contributed by atoms with E-state index < -0.39 is 11.6 Å². The Morgan fingerprint density at radius 3 is 2.12 bits per heavy atom. The summed E-state index contributed by atoms with van der Waals surface area (Å²) in [6, 6.07) is 14.6. The molecule has 9 nitrogen and oxygen atoms in total. The Kier molecular flexibility index (Phi) is 9.62. The first-order chi connectivity index (χ1) is 20.2. The summed E-state index contributed by atoms with van der Waals surface area (Å²) in [6.45, 7) is 5.51. The number of para-hydroxylation sites is 1. The molecule has 0 aliphatic carbocycles. The highest BCUT2D eigenvalue weighted by molar-refractivity contribution is 5.86. The van der Waals surface area contributed by atoms with E-state index in [4.69, 9.17) is 32.8 Å². The summed E-state index contributed by atoms with van der Waals surface area (Å²) in [6.07, 6.45) is 0.138. The summed E-state index contributed by atoms with van der Waals surface area (Å²) in [7, 11) is 6.12. The van der Waals surface area contributed by atoms with Gasteiger partial charge in [0.2, 0.25) is 5.75 Å². The molecule has 0 aliphatic heterocycles. The van der Waals surface area contributed by atoms with Gasteiger partial charge in [-0.15, -0.1) is 0 Å². The Morgan fingerprint density at radius 1 is 0.833 bits per heavy atom. The van der Waals surface area contributed by atoms with Crippen LogP contribution in [0.15, 0.2) is 57.7 Å². The van der Waals surface area contributed by atoms with Crippen molar-refractivity contribution >= 4 is 16.9 Å². The fourth-order valence-corrected chi connectivity index (χ4v) is 4.84. The van der Waals surface area contributed by atoms with Gasteiger partial charge in [0.25, 0.3) is 0 Å². The van der Waals surface area contributed by atoms with E-state index in [0.29, 0.717) is 57.4 Å². The van der Waals surface area contributed by atoms with E-state index in [1.165, 1.54) is 21.3 Å². The zero-order valence-corrected chi connectivity index (χ0v) is 25.0. The monoisotopic (exact) mass is 576 g/mol. The minimum absolute atomic E-state index is 0.0477. The van der Waals surface area contributed by atoms with Gasteiger partial charge in [0.05, 0.1) is 46.5 Å². The molecule has 42 heavy (non-hydrogen) atoms. The first-order valence-electron chi connectivity index (χ1n) is 13.5. The van der Waals surface area contributed by atoms with Crippen LogP contribution < -0.4 is 29.3 Å². The van der Waals surface area contributed by atoms with Gasteiger partial charge >= 0.3 is 11.6 Å². The third kappa shape index (κ3) is 6.46. The van der Waals surface area contributed by atoms with Gasteiger partial charge in [-0.3, -0.25) is 4.79 Å². The largest absolute Gasteiger partial charge is 0.496 e. The van der Waals surface area contributed by atoms with Crippen LogP contribution in [0.5, 0.6) is 28.7 Å². The second-order valence-corrected chi connectivity index (χ2v) is 9.94. The predicted octanol–water partition coefficient (Wildman–Crippen LogP) is 5.80. The van der Waals surface area contributed by atoms with Gasteiger partial charge in [-0.05, 0) is 67.8 Å². The van der Waals surface area contributed by atoms with E-state index in [1.54, 1.807) is 19.2 Å². The maximum atomic E-state index is 13.3. The normalized spacial score (nSPS) is 11.0. The summed E-state index contributed by atoms with van der Waals surface area (Å²) in [5.41, 5.74) is 3.11. The number of carbonyl (C=O) groups is 1. The average molecular weight is 577 g/mol. The molecule has 222 valence electrons. The second-order valence-electron chi connectivity index (χ2n) is 9.94. The smallest absolute Gasteiger partial charge is 0.340 e. The van der Waals surface area contributed by atoms with Crippen molar-refractivity contribution in [2.45, 2.75) is 46.3 Å². The standard InChI is InChI=1S/C33H36O9/c1-19(2)41-27-13-12-23-20(3)24(17-22-10-8-9-11-26(22)36-4)33(35)42-31(23)25(27)18-40-30(34)16-21-14-28(37-5)32(39-7)29(15-21)38-6/h8-15,19H,16-18H2,1-7H3. The van der Waals surface area contributed by atoms with E-state index in [2.05, 4.69) is 0 Å². The summed E-state index contributed by atoms with van der Waals surface area (Å²) in [4.78, 5) is 26.3. The van der Waals surface area contributed by atoms with Crippen molar-refractivity contribution in [3.63, 3.8) is 0 Å². The summed E-state index contributed by atoms with van der Waals surface area (Å²) >= 11 is 0. The third-order valence-electron chi connectivity index (χ3n) is 6.89. The minimum atomic E-state index is -0.497. The number of fused-ring (bicyclic) bond motifs is 1. The first kappa shape index (κ1) is 30.3. The molecule has 0 aliphatic rings. The van der Waals surface area contributed by atoms with Gasteiger partial charge in [-0.25, -0.2) is 4.79 Å².